The second kappa shape index (κ2) is 4.49. The normalized spacial score (nSPS) is 33.8. The summed E-state index contributed by atoms with van der Waals surface area (Å²) in [5.41, 5.74) is 0. The Labute approximate surface area is 89.8 Å². The number of likely N-dealkylation sites (tertiary alicyclic amines) is 1. The first-order valence-electron chi connectivity index (χ1n) is 5.37. The Hall–Kier alpha value is -0.280. The number of halogens is 1. The van der Waals surface area contributed by atoms with Crippen molar-refractivity contribution in [3.8, 4) is 0 Å². The molecule has 1 N–H and O–H groups in total. The molecule has 3 nitrogen and oxygen atoms in total. The molecule has 14 heavy (non-hydrogen) atoms. The Morgan fingerprint density at radius 3 is 3.00 bits per heavy atom. The lowest BCUT2D eigenvalue weighted by Gasteiger charge is -2.31. The Morgan fingerprint density at radius 1 is 1.57 bits per heavy atom. The number of nitrogens with zero attached hydrogens (tertiary/aromatic N) is 1. The van der Waals surface area contributed by atoms with Crippen molar-refractivity contribution in [1.29, 1.82) is 0 Å². The first-order valence-corrected chi connectivity index (χ1v) is 5.91. The maximum absolute atomic E-state index is 11.7. The Morgan fingerprint density at radius 2 is 2.43 bits per heavy atom. The molecule has 2 aliphatic heterocycles. The van der Waals surface area contributed by atoms with Crippen molar-refractivity contribution in [2.75, 3.05) is 25.5 Å². The first kappa shape index (κ1) is 10.2. The predicted octanol–water partition coefficient (Wildman–Crippen LogP) is 0.826. The molecule has 0 aromatic carbocycles. The molecule has 0 aromatic heterocycles. The van der Waals surface area contributed by atoms with Gasteiger partial charge in [-0.1, -0.05) is 0 Å². The highest BCUT2D eigenvalue weighted by molar-refractivity contribution is 6.18. The zero-order valence-corrected chi connectivity index (χ0v) is 9.09. The number of carbonyl (C=O) groups is 1. The van der Waals surface area contributed by atoms with E-state index in [0.29, 0.717) is 30.2 Å². The highest BCUT2D eigenvalue weighted by Crippen LogP contribution is 2.23. The summed E-state index contributed by atoms with van der Waals surface area (Å²) in [6.45, 7) is 2.92. The van der Waals surface area contributed by atoms with Gasteiger partial charge in [-0.3, -0.25) is 4.79 Å². The summed E-state index contributed by atoms with van der Waals surface area (Å²) in [6, 6.07) is 0.421. The Bertz CT molecular complexity index is 216. The van der Waals surface area contributed by atoms with E-state index in [2.05, 4.69) is 5.32 Å². The van der Waals surface area contributed by atoms with E-state index < -0.39 is 0 Å². The maximum atomic E-state index is 11.7. The molecule has 2 unspecified atom stereocenters. The monoisotopic (exact) mass is 216 g/mol. The van der Waals surface area contributed by atoms with E-state index in [1.165, 1.54) is 6.42 Å². The first-order chi connectivity index (χ1) is 6.81. The fourth-order valence-corrected chi connectivity index (χ4v) is 2.57. The van der Waals surface area contributed by atoms with Crippen LogP contribution in [0.4, 0.5) is 0 Å². The van der Waals surface area contributed by atoms with Gasteiger partial charge in [0.2, 0.25) is 5.91 Å². The van der Waals surface area contributed by atoms with Gasteiger partial charge in [-0.15, -0.1) is 11.6 Å². The quantitative estimate of drug-likeness (QED) is 0.694. The van der Waals surface area contributed by atoms with Crippen molar-refractivity contribution in [2.24, 2.45) is 5.92 Å². The molecular formula is C10H17ClN2O. The predicted molar refractivity (Wildman–Crippen MR) is 56.4 cm³/mol. The van der Waals surface area contributed by atoms with E-state index in [1.54, 1.807) is 0 Å². The lowest BCUT2D eigenvalue weighted by molar-refractivity contribution is -0.129. The summed E-state index contributed by atoms with van der Waals surface area (Å²) in [7, 11) is 0. The highest BCUT2D eigenvalue weighted by atomic mass is 35.5. The van der Waals surface area contributed by atoms with Crippen LogP contribution in [0.15, 0.2) is 0 Å². The number of hydrogen-bond donors (Lipinski definition) is 1. The van der Waals surface area contributed by atoms with Crippen molar-refractivity contribution in [1.82, 2.24) is 10.2 Å². The third kappa shape index (κ3) is 2.04. The van der Waals surface area contributed by atoms with Crippen molar-refractivity contribution in [2.45, 2.75) is 25.3 Å². The van der Waals surface area contributed by atoms with Crippen LogP contribution in [0.3, 0.4) is 0 Å². The van der Waals surface area contributed by atoms with Gasteiger partial charge in [0.05, 0.1) is 0 Å². The van der Waals surface area contributed by atoms with Gasteiger partial charge in [-0.25, -0.2) is 0 Å². The number of nitrogens with one attached hydrogen (secondary N) is 1. The van der Waals surface area contributed by atoms with Gasteiger partial charge < -0.3 is 10.2 Å². The molecule has 0 aliphatic carbocycles. The fourth-order valence-electron chi connectivity index (χ4n) is 2.36. The second-order valence-corrected chi connectivity index (χ2v) is 4.58. The molecule has 2 heterocycles. The standard InChI is InChI=1S/C10H17ClN2O/c11-5-8-4-10(14)13(7-8)9-2-1-3-12-6-9/h8-9,12H,1-7H2. The van der Waals surface area contributed by atoms with E-state index in [1.807, 2.05) is 4.90 Å². The lowest BCUT2D eigenvalue weighted by Crippen LogP contribution is -2.46. The number of amides is 1. The number of alkyl halides is 1. The third-order valence-electron chi connectivity index (χ3n) is 3.17. The van der Waals surface area contributed by atoms with Gasteiger partial charge in [0.15, 0.2) is 0 Å². The molecule has 0 aromatic rings. The van der Waals surface area contributed by atoms with E-state index in [0.717, 1.165) is 26.1 Å². The van der Waals surface area contributed by atoms with Gasteiger partial charge in [0.25, 0.3) is 0 Å². The zero-order chi connectivity index (χ0) is 9.97. The summed E-state index contributed by atoms with van der Waals surface area (Å²) in [5.74, 6) is 1.29. The molecule has 0 bridgehead atoms. The van der Waals surface area contributed by atoms with Crippen LogP contribution in [0.2, 0.25) is 0 Å². The van der Waals surface area contributed by atoms with Crippen LogP contribution in [-0.2, 0) is 4.79 Å². The van der Waals surface area contributed by atoms with Crippen LogP contribution < -0.4 is 5.32 Å². The number of piperidine rings is 1. The van der Waals surface area contributed by atoms with E-state index >= 15 is 0 Å². The van der Waals surface area contributed by atoms with Crippen LogP contribution in [0, 0.1) is 5.92 Å². The molecule has 1 amide bonds. The number of hydrogen-bond acceptors (Lipinski definition) is 2. The van der Waals surface area contributed by atoms with Crippen LogP contribution in [0.25, 0.3) is 0 Å². The summed E-state index contributed by atoms with van der Waals surface area (Å²) in [4.78, 5) is 13.7. The van der Waals surface area contributed by atoms with Crippen molar-refractivity contribution in [3.05, 3.63) is 0 Å². The summed E-state index contributed by atoms with van der Waals surface area (Å²) < 4.78 is 0. The van der Waals surface area contributed by atoms with Crippen molar-refractivity contribution in [3.63, 3.8) is 0 Å². The summed E-state index contributed by atoms with van der Waals surface area (Å²) in [6.07, 6.45) is 2.98. The van der Waals surface area contributed by atoms with Crippen molar-refractivity contribution >= 4 is 17.5 Å². The topological polar surface area (TPSA) is 32.3 Å². The van der Waals surface area contributed by atoms with E-state index in [4.69, 9.17) is 11.6 Å². The minimum atomic E-state index is 0.296. The second-order valence-electron chi connectivity index (χ2n) is 4.27. The minimum Gasteiger partial charge on any atom is -0.338 e. The molecular weight excluding hydrogens is 200 g/mol. The Kier molecular flexibility index (Phi) is 3.29. The van der Waals surface area contributed by atoms with Crippen LogP contribution in [0.1, 0.15) is 19.3 Å². The Balaban J connectivity index is 1.93. The zero-order valence-electron chi connectivity index (χ0n) is 8.34. The molecule has 80 valence electrons. The molecule has 4 heteroatoms. The summed E-state index contributed by atoms with van der Waals surface area (Å²) >= 11 is 5.78. The highest BCUT2D eigenvalue weighted by Gasteiger charge is 2.34. The van der Waals surface area contributed by atoms with Gasteiger partial charge in [0.1, 0.15) is 0 Å². The molecule has 0 saturated carbocycles. The molecule has 2 fully saturated rings. The van der Waals surface area contributed by atoms with Crippen LogP contribution in [-0.4, -0.2) is 42.4 Å². The molecule has 2 saturated heterocycles. The van der Waals surface area contributed by atoms with E-state index in [-0.39, 0.29) is 0 Å². The third-order valence-corrected chi connectivity index (χ3v) is 3.60. The average Bonchev–Trinajstić information content (AvgIpc) is 2.61. The molecule has 2 rings (SSSR count). The molecule has 2 atom stereocenters. The van der Waals surface area contributed by atoms with Gasteiger partial charge in [-0.05, 0) is 25.3 Å². The van der Waals surface area contributed by atoms with Gasteiger partial charge in [-0.2, -0.15) is 0 Å². The SMILES string of the molecule is O=C1CC(CCl)CN1C1CCCNC1. The van der Waals surface area contributed by atoms with Crippen LogP contribution >= 0.6 is 11.6 Å². The van der Waals surface area contributed by atoms with Crippen LogP contribution in [0.5, 0.6) is 0 Å². The summed E-state index contributed by atoms with van der Waals surface area (Å²) in [5, 5.41) is 3.34. The maximum Gasteiger partial charge on any atom is 0.223 e. The number of carbonyl (C=O) groups excluding carboxylic acids is 1. The largest absolute Gasteiger partial charge is 0.338 e. The van der Waals surface area contributed by atoms with Crippen molar-refractivity contribution < 1.29 is 4.79 Å². The fraction of sp³-hybridized carbons (Fsp3) is 0.900. The lowest BCUT2D eigenvalue weighted by atomic mass is 10.1. The smallest absolute Gasteiger partial charge is 0.223 e. The molecule has 0 spiro atoms. The van der Waals surface area contributed by atoms with Gasteiger partial charge in [0, 0.05) is 31.4 Å². The van der Waals surface area contributed by atoms with E-state index in [9.17, 15) is 4.79 Å². The average molecular weight is 217 g/mol. The minimum absolute atomic E-state index is 0.296. The molecule has 2 aliphatic rings. The number of rotatable bonds is 2. The van der Waals surface area contributed by atoms with Gasteiger partial charge >= 0.3 is 0 Å². The molecule has 0 radical (unpaired) electrons.